The van der Waals surface area contributed by atoms with Crippen LogP contribution in [0, 0.1) is 0 Å². The number of fused-ring (bicyclic) bond motifs is 3. The summed E-state index contributed by atoms with van der Waals surface area (Å²) in [6, 6.07) is 16.4. The van der Waals surface area contributed by atoms with Gasteiger partial charge in [0.05, 0.1) is 12.6 Å². The first kappa shape index (κ1) is 25.5. The Kier molecular flexibility index (Phi) is 7.93. The van der Waals surface area contributed by atoms with Gasteiger partial charge < -0.3 is 25.0 Å². The molecule has 194 valence electrons. The van der Waals surface area contributed by atoms with Gasteiger partial charge in [0.1, 0.15) is 5.75 Å². The van der Waals surface area contributed by atoms with E-state index in [1.165, 1.54) is 54.6 Å². The molecule has 0 saturated carbocycles. The molecule has 1 unspecified atom stereocenters. The summed E-state index contributed by atoms with van der Waals surface area (Å²) in [7, 11) is 0. The number of piperidine rings is 1. The molecule has 7 nitrogen and oxygen atoms in total. The molecule has 1 atom stereocenters. The molecule has 37 heavy (non-hydrogen) atoms. The molecule has 2 aromatic heterocycles. The third-order valence-electron chi connectivity index (χ3n) is 7.43. The number of hydrogen-bond donors (Lipinski definition) is 1. The first-order chi connectivity index (χ1) is 17.8. The van der Waals surface area contributed by atoms with Gasteiger partial charge in [-0.05, 0) is 86.3 Å². The van der Waals surface area contributed by atoms with Gasteiger partial charge in [-0.2, -0.15) is 0 Å². The quantitative estimate of drug-likeness (QED) is 0.339. The largest absolute Gasteiger partial charge is 0.494 e. The van der Waals surface area contributed by atoms with Crippen LogP contribution >= 0.6 is 11.6 Å². The molecule has 1 fully saturated rings. The zero-order chi connectivity index (χ0) is 24.3. The van der Waals surface area contributed by atoms with Gasteiger partial charge in [0, 0.05) is 47.1 Å². The van der Waals surface area contributed by atoms with Crippen LogP contribution < -0.4 is 9.64 Å². The average molecular weight is 520 g/mol. The van der Waals surface area contributed by atoms with Crippen LogP contribution in [0.4, 0.5) is 5.95 Å². The first-order valence-corrected chi connectivity index (χ1v) is 13.4. The number of benzene rings is 2. The predicted octanol–water partition coefficient (Wildman–Crippen LogP) is 5.19. The Morgan fingerprint density at radius 1 is 0.973 bits per heavy atom. The van der Waals surface area contributed by atoms with Crippen molar-refractivity contribution in [1.29, 1.82) is 0 Å². The number of H-pyrrole nitrogens is 1. The molecule has 3 N–H and O–H groups in total. The van der Waals surface area contributed by atoms with Gasteiger partial charge in [-0.3, -0.25) is 0 Å². The molecule has 2 aromatic carbocycles. The molecule has 0 amide bonds. The molecule has 8 heteroatoms. The van der Waals surface area contributed by atoms with Gasteiger partial charge in [0.15, 0.2) is 0 Å². The summed E-state index contributed by atoms with van der Waals surface area (Å²) in [5.74, 6) is 1.65. The highest BCUT2D eigenvalue weighted by Crippen LogP contribution is 2.40. The first-order valence-electron chi connectivity index (χ1n) is 13.0. The lowest BCUT2D eigenvalue weighted by atomic mass is 9.92. The van der Waals surface area contributed by atoms with Crippen LogP contribution in [0.25, 0.3) is 10.9 Å². The van der Waals surface area contributed by atoms with E-state index in [-0.39, 0.29) is 11.5 Å². The van der Waals surface area contributed by atoms with Crippen molar-refractivity contribution in [2.24, 2.45) is 0 Å². The molecule has 0 spiro atoms. The zero-order valence-corrected chi connectivity index (χ0v) is 21.8. The third-order valence-corrected chi connectivity index (χ3v) is 7.67. The fourth-order valence-corrected chi connectivity index (χ4v) is 5.84. The van der Waals surface area contributed by atoms with Crippen LogP contribution in [-0.2, 0) is 6.42 Å². The third kappa shape index (κ3) is 5.44. The minimum atomic E-state index is -0.0181. The van der Waals surface area contributed by atoms with Gasteiger partial charge in [0.2, 0.25) is 5.95 Å². The minimum absolute atomic E-state index is 0. The topological polar surface area (TPSA) is 88.8 Å². The molecule has 2 aliphatic rings. The standard InChI is InChI=1S/C29H32ClN5O.H2O/c30-22-8-11-26-25(20-22)24-12-18-35(29-31-13-4-14-32-29)28(27(24)33-26)21-6-9-23(10-7-21)36-19-5-17-34-15-2-1-3-16-34;/h4,6-11,13-14,20,28,33H,1-3,5,12,15-19H2;1H2. The van der Waals surface area contributed by atoms with Crippen LogP contribution in [0.2, 0.25) is 5.02 Å². The number of rotatable bonds is 7. The van der Waals surface area contributed by atoms with Crippen LogP contribution in [0.1, 0.15) is 48.5 Å². The highest BCUT2D eigenvalue weighted by Gasteiger charge is 2.33. The van der Waals surface area contributed by atoms with Gasteiger partial charge in [-0.25, -0.2) is 9.97 Å². The Morgan fingerprint density at radius 3 is 2.54 bits per heavy atom. The van der Waals surface area contributed by atoms with Crippen molar-refractivity contribution < 1.29 is 10.2 Å². The van der Waals surface area contributed by atoms with Gasteiger partial charge in [-0.1, -0.05) is 30.2 Å². The van der Waals surface area contributed by atoms with E-state index in [4.69, 9.17) is 16.3 Å². The van der Waals surface area contributed by atoms with Crippen molar-refractivity contribution >= 4 is 28.5 Å². The molecule has 4 aromatic rings. The summed E-state index contributed by atoms with van der Waals surface area (Å²) in [4.78, 5) is 17.7. The maximum atomic E-state index is 6.35. The summed E-state index contributed by atoms with van der Waals surface area (Å²) in [5, 5.41) is 1.96. The maximum absolute atomic E-state index is 6.35. The number of nitrogens with one attached hydrogen (secondary N) is 1. The molecule has 2 aliphatic heterocycles. The number of nitrogens with zero attached hydrogens (tertiary/aromatic N) is 4. The molecule has 1 saturated heterocycles. The Labute approximate surface area is 222 Å². The average Bonchev–Trinajstić information content (AvgIpc) is 3.30. The number of aromatic nitrogens is 3. The van der Waals surface area contributed by atoms with Crippen molar-refractivity contribution in [2.45, 2.75) is 38.1 Å². The fourth-order valence-electron chi connectivity index (χ4n) is 5.67. The number of anilines is 1. The normalized spacial score (nSPS) is 17.9. The van der Waals surface area contributed by atoms with E-state index in [0.29, 0.717) is 0 Å². The van der Waals surface area contributed by atoms with E-state index < -0.39 is 0 Å². The second-order valence-corrected chi connectivity index (χ2v) is 10.2. The predicted molar refractivity (Wildman–Crippen MR) is 149 cm³/mol. The second-order valence-electron chi connectivity index (χ2n) is 9.78. The molecular formula is C29H34ClN5O2. The monoisotopic (exact) mass is 519 g/mol. The van der Waals surface area contributed by atoms with Crippen LogP contribution in [0.3, 0.4) is 0 Å². The fraction of sp³-hybridized carbons (Fsp3) is 0.379. The second kappa shape index (κ2) is 11.5. The SMILES string of the molecule is Clc1ccc2[nH]c3c(c2c1)CCN(c1ncccn1)C3c1ccc(OCCCN2CCCCC2)cc1.O. The van der Waals surface area contributed by atoms with E-state index in [1.807, 2.05) is 12.1 Å². The van der Waals surface area contributed by atoms with Crippen LogP contribution in [0.5, 0.6) is 5.75 Å². The molecule has 0 aliphatic carbocycles. The summed E-state index contributed by atoms with van der Waals surface area (Å²) in [5.41, 5.74) is 4.80. The zero-order valence-electron chi connectivity index (χ0n) is 21.0. The number of aromatic amines is 1. The molecular weight excluding hydrogens is 486 g/mol. The summed E-state index contributed by atoms with van der Waals surface area (Å²) in [6.07, 6.45) is 9.62. The lowest BCUT2D eigenvalue weighted by Crippen LogP contribution is -2.37. The summed E-state index contributed by atoms with van der Waals surface area (Å²) < 4.78 is 6.09. The number of halogens is 1. The summed E-state index contributed by atoms with van der Waals surface area (Å²) >= 11 is 6.35. The van der Waals surface area contributed by atoms with Crippen molar-refractivity contribution in [3.05, 3.63) is 82.8 Å². The van der Waals surface area contributed by atoms with Crippen LogP contribution in [-0.4, -0.2) is 58.1 Å². The van der Waals surface area contributed by atoms with E-state index in [0.717, 1.165) is 54.8 Å². The Bertz CT molecular complexity index is 1310. The number of ether oxygens (including phenoxy) is 1. The molecule has 6 rings (SSSR count). The molecule has 0 bridgehead atoms. The van der Waals surface area contributed by atoms with E-state index >= 15 is 0 Å². The molecule has 4 heterocycles. The van der Waals surface area contributed by atoms with Gasteiger partial charge >= 0.3 is 0 Å². The van der Waals surface area contributed by atoms with Crippen molar-refractivity contribution in [3.63, 3.8) is 0 Å². The highest BCUT2D eigenvalue weighted by atomic mass is 35.5. The smallest absolute Gasteiger partial charge is 0.226 e. The van der Waals surface area contributed by atoms with E-state index in [9.17, 15) is 0 Å². The van der Waals surface area contributed by atoms with E-state index in [1.54, 1.807) is 12.4 Å². The maximum Gasteiger partial charge on any atom is 0.226 e. The van der Waals surface area contributed by atoms with Crippen molar-refractivity contribution in [2.75, 3.05) is 37.7 Å². The highest BCUT2D eigenvalue weighted by molar-refractivity contribution is 6.31. The van der Waals surface area contributed by atoms with Crippen molar-refractivity contribution in [3.8, 4) is 5.75 Å². The Hall–Kier alpha value is -3.13. The molecule has 0 radical (unpaired) electrons. The van der Waals surface area contributed by atoms with Gasteiger partial charge in [0.25, 0.3) is 0 Å². The van der Waals surface area contributed by atoms with Crippen molar-refractivity contribution in [1.82, 2.24) is 19.9 Å². The van der Waals surface area contributed by atoms with E-state index in [2.05, 4.69) is 61.1 Å². The summed E-state index contributed by atoms with van der Waals surface area (Å²) in [6.45, 7) is 5.17. The Morgan fingerprint density at radius 2 is 1.76 bits per heavy atom. The Balaban J connectivity index is 0.00000280. The van der Waals surface area contributed by atoms with Gasteiger partial charge in [-0.15, -0.1) is 0 Å². The number of likely N-dealkylation sites (tertiary alicyclic amines) is 1. The minimum Gasteiger partial charge on any atom is -0.494 e. The number of hydrogen-bond acceptors (Lipinski definition) is 5. The lowest BCUT2D eigenvalue weighted by molar-refractivity contribution is 0.205. The van der Waals surface area contributed by atoms with Crippen LogP contribution in [0.15, 0.2) is 60.9 Å². The lowest BCUT2D eigenvalue weighted by Gasteiger charge is -2.36.